The Kier molecular flexibility index (Phi) is 6.49. The number of aryl methyl sites for hydroxylation is 2. The molecule has 0 aliphatic carbocycles. The zero-order valence-corrected chi connectivity index (χ0v) is 12.8. The van der Waals surface area contributed by atoms with Crippen LogP contribution in [0.5, 0.6) is 0 Å². The van der Waals surface area contributed by atoms with E-state index in [1.54, 1.807) is 21.3 Å². The summed E-state index contributed by atoms with van der Waals surface area (Å²) in [5, 5.41) is 0. The fraction of sp³-hybridized carbons (Fsp3) is 0.615. The van der Waals surface area contributed by atoms with Gasteiger partial charge in [-0.1, -0.05) is 13.3 Å². The molecule has 0 amide bonds. The van der Waals surface area contributed by atoms with Gasteiger partial charge < -0.3 is 13.3 Å². The third-order valence-corrected chi connectivity index (χ3v) is 5.81. The quantitative estimate of drug-likeness (QED) is 0.533. The summed E-state index contributed by atoms with van der Waals surface area (Å²) in [4.78, 5) is 0. The first-order valence-corrected chi connectivity index (χ1v) is 8.26. The predicted molar refractivity (Wildman–Crippen MR) is 72.2 cm³/mol. The molecular weight excluding hydrogens is 246 g/mol. The van der Waals surface area contributed by atoms with Gasteiger partial charge in [-0.15, -0.1) is 0 Å². The molecule has 1 rings (SSSR count). The molecule has 0 N–H and O–H groups in total. The maximum Gasteiger partial charge on any atom is 0.506 e. The van der Waals surface area contributed by atoms with Gasteiger partial charge in [-0.2, -0.15) is 0 Å². The zero-order chi connectivity index (χ0) is 13.4. The Morgan fingerprint density at radius 2 is 1.61 bits per heavy atom. The van der Waals surface area contributed by atoms with Crippen molar-refractivity contribution in [2.24, 2.45) is 0 Å². The third kappa shape index (κ3) is 4.17. The third-order valence-electron chi connectivity index (χ3n) is 3.11. The van der Waals surface area contributed by atoms with Gasteiger partial charge >= 0.3 is 8.80 Å². The first-order valence-electron chi connectivity index (χ1n) is 6.33. The molecule has 0 aromatic carbocycles. The van der Waals surface area contributed by atoms with E-state index in [0.717, 1.165) is 19.0 Å². The number of rotatable bonds is 8. The van der Waals surface area contributed by atoms with Gasteiger partial charge in [-0.3, -0.25) is 0 Å². The molecule has 18 heavy (non-hydrogen) atoms. The molecule has 5 heteroatoms. The van der Waals surface area contributed by atoms with E-state index in [1.807, 2.05) is 0 Å². The van der Waals surface area contributed by atoms with Crippen LogP contribution in [0.4, 0.5) is 0 Å². The lowest BCUT2D eigenvalue weighted by Gasteiger charge is -2.22. The van der Waals surface area contributed by atoms with Crippen molar-refractivity contribution < 1.29 is 17.8 Å². The molecule has 1 aromatic heterocycles. The van der Waals surface area contributed by atoms with Crippen LogP contribution in [0.1, 0.15) is 18.9 Å². The van der Waals surface area contributed by atoms with E-state index in [0.29, 0.717) is 0 Å². The lowest BCUT2D eigenvalue weighted by molar-refractivity contribution is -0.694. The van der Waals surface area contributed by atoms with Crippen molar-refractivity contribution in [1.82, 2.24) is 0 Å². The SMILES string of the molecule is CCCc1cc[n+](CC[Si](OC)(OC)OC)cc1. The van der Waals surface area contributed by atoms with E-state index in [2.05, 4.69) is 36.0 Å². The van der Waals surface area contributed by atoms with Gasteiger partial charge in [-0.25, -0.2) is 4.57 Å². The Morgan fingerprint density at radius 3 is 2.06 bits per heavy atom. The molecule has 0 saturated heterocycles. The standard InChI is InChI=1S/C13H24NO3Si/c1-5-6-13-7-9-14(10-8-13)11-12-18(15-2,16-3)17-4/h7-10H,5-6,11-12H2,1-4H3/q+1. The fourth-order valence-electron chi connectivity index (χ4n) is 1.91. The number of aromatic nitrogens is 1. The van der Waals surface area contributed by atoms with E-state index in [1.165, 1.54) is 12.0 Å². The number of pyridine rings is 1. The van der Waals surface area contributed by atoms with E-state index in [-0.39, 0.29) is 0 Å². The summed E-state index contributed by atoms with van der Waals surface area (Å²) < 4.78 is 18.3. The van der Waals surface area contributed by atoms with E-state index < -0.39 is 8.80 Å². The summed E-state index contributed by atoms with van der Waals surface area (Å²) in [6.45, 7) is 3.03. The van der Waals surface area contributed by atoms with Gasteiger partial charge in [0.05, 0.1) is 6.04 Å². The highest BCUT2D eigenvalue weighted by molar-refractivity contribution is 6.60. The molecule has 1 heterocycles. The van der Waals surface area contributed by atoms with Gasteiger partial charge in [0.2, 0.25) is 0 Å². The molecule has 0 saturated carbocycles. The molecule has 0 radical (unpaired) electrons. The van der Waals surface area contributed by atoms with Crippen molar-refractivity contribution in [2.75, 3.05) is 21.3 Å². The highest BCUT2D eigenvalue weighted by Crippen LogP contribution is 2.12. The van der Waals surface area contributed by atoms with Crippen LogP contribution in [-0.2, 0) is 26.2 Å². The van der Waals surface area contributed by atoms with Crippen molar-refractivity contribution in [1.29, 1.82) is 0 Å². The van der Waals surface area contributed by atoms with Crippen LogP contribution in [0.2, 0.25) is 6.04 Å². The Bertz CT molecular complexity index is 330. The molecule has 0 aliphatic rings. The average Bonchev–Trinajstić information content (AvgIpc) is 2.43. The molecule has 4 nitrogen and oxygen atoms in total. The van der Waals surface area contributed by atoms with E-state index in [4.69, 9.17) is 13.3 Å². The summed E-state index contributed by atoms with van der Waals surface area (Å²) in [5.74, 6) is 0. The van der Waals surface area contributed by atoms with Gasteiger partial charge in [-0.05, 0) is 12.0 Å². The number of hydrogen-bond donors (Lipinski definition) is 0. The maximum atomic E-state index is 5.40. The Hall–Kier alpha value is -0.753. The second-order valence-electron chi connectivity index (χ2n) is 4.24. The molecule has 0 unspecified atom stereocenters. The predicted octanol–water partition coefficient (Wildman–Crippen LogP) is 1.80. The molecule has 0 aliphatic heterocycles. The van der Waals surface area contributed by atoms with E-state index in [9.17, 15) is 0 Å². The number of nitrogens with zero attached hydrogens (tertiary/aromatic N) is 1. The van der Waals surface area contributed by atoms with Gasteiger partial charge in [0.1, 0.15) is 0 Å². The Balaban J connectivity index is 2.57. The topological polar surface area (TPSA) is 31.6 Å². The summed E-state index contributed by atoms with van der Waals surface area (Å²) >= 11 is 0. The highest BCUT2D eigenvalue weighted by Gasteiger charge is 2.38. The van der Waals surface area contributed by atoms with Crippen LogP contribution >= 0.6 is 0 Å². The average molecular weight is 270 g/mol. The normalized spacial score (nSPS) is 11.8. The van der Waals surface area contributed by atoms with Gasteiger partial charge in [0.15, 0.2) is 18.9 Å². The van der Waals surface area contributed by atoms with Crippen molar-refractivity contribution in [3.63, 3.8) is 0 Å². The number of hydrogen-bond acceptors (Lipinski definition) is 3. The minimum absolute atomic E-state index is 0.772. The molecule has 0 bridgehead atoms. The van der Waals surface area contributed by atoms with Crippen LogP contribution in [0.25, 0.3) is 0 Å². The largest absolute Gasteiger partial charge is 0.506 e. The second kappa shape index (κ2) is 7.63. The smallest absolute Gasteiger partial charge is 0.377 e. The first-order chi connectivity index (χ1) is 8.69. The minimum Gasteiger partial charge on any atom is -0.377 e. The van der Waals surface area contributed by atoms with Crippen molar-refractivity contribution in [3.8, 4) is 0 Å². The van der Waals surface area contributed by atoms with Crippen molar-refractivity contribution >= 4 is 8.80 Å². The minimum atomic E-state index is -2.45. The summed E-state index contributed by atoms with van der Waals surface area (Å²) in [5.41, 5.74) is 1.38. The maximum absolute atomic E-state index is 5.40. The van der Waals surface area contributed by atoms with Gasteiger partial charge in [0, 0.05) is 33.5 Å². The van der Waals surface area contributed by atoms with Crippen LogP contribution < -0.4 is 4.57 Å². The summed E-state index contributed by atoms with van der Waals surface area (Å²) in [6, 6.07) is 5.10. The zero-order valence-electron chi connectivity index (χ0n) is 11.8. The summed E-state index contributed by atoms with van der Waals surface area (Å²) in [6.07, 6.45) is 6.51. The lowest BCUT2D eigenvalue weighted by atomic mass is 10.2. The highest BCUT2D eigenvalue weighted by atomic mass is 28.4. The van der Waals surface area contributed by atoms with Crippen molar-refractivity contribution in [2.45, 2.75) is 32.4 Å². The molecule has 0 fully saturated rings. The fourth-order valence-corrected chi connectivity index (χ4v) is 3.56. The van der Waals surface area contributed by atoms with Gasteiger partial charge in [0.25, 0.3) is 0 Å². The van der Waals surface area contributed by atoms with Crippen LogP contribution in [0, 0.1) is 0 Å². The van der Waals surface area contributed by atoms with E-state index >= 15 is 0 Å². The molecular formula is C13H24NO3Si+. The molecule has 0 atom stereocenters. The van der Waals surface area contributed by atoms with Crippen LogP contribution in [0.15, 0.2) is 24.5 Å². The Labute approximate surface area is 111 Å². The monoisotopic (exact) mass is 270 g/mol. The lowest BCUT2D eigenvalue weighted by Crippen LogP contribution is -2.47. The Morgan fingerprint density at radius 1 is 1.06 bits per heavy atom. The van der Waals surface area contributed by atoms with Crippen LogP contribution in [0.3, 0.4) is 0 Å². The molecule has 102 valence electrons. The second-order valence-corrected chi connectivity index (χ2v) is 7.33. The first kappa shape index (κ1) is 15.3. The summed E-state index contributed by atoms with van der Waals surface area (Å²) in [7, 11) is 2.49. The molecule has 1 aromatic rings. The van der Waals surface area contributed by atoms with Crippen LogP contribution in [-0.4, -0.2) is 30.1 Å². The van der Waals surface area contributed by atoms with Crippen molar-refractivity contribution in [3.05, 3.63) is 30.1 Å². The molecule has 0 spiro atoms.